The Balaban J connectivity index is 1.30. The topological polar surface area (TPSA) is 64.8 Å². The Morgan fingerprint density at radius 2 is 1.96 bits per heavy atom. The highest BCUT2D eigenvalue weighted by Crippen LogP contribution is 2.18. The summed E-state index contributed by atoms with van der Waals surface area (Å²) in [5, 5.41) is 0. The van der Waals surface area contributed by atoms with Crippen molar-refractivity contribution >= 4 is 5.65 Å². The van der Waals surface area contributed by atoms with Crippen molar-refractivity contribution in [2.45, 2.75) is 25.5 Å². The van der Waals surface area contributed by atoms with Crippen molar-refractivity contribution in [1.82, 2.24) is 24.3 Å². The molecule has 130 valence electrons. The van der Waals surface area contributed by atoms with Crippen molar-refractivity contribution in [3.05, 3.63) is 48.7 Å². The van der Waals surface area contributed by atoms with Crippen molar-refractivity contribution in [2.24, 2.45) is 0 Å². The van der Waals surface area contributed by atoms with Crippen LogP contribution in [0.2, 0.25) is 0 Å². The molecular weight excluding hydrogens is 318 g/mol. The van der Waals surface area contributed by atoms with Gasteiger partial charge in [-0.25, -0.2) is 4.98 Å². The van der Waals surface area contributed by atoms with Crippen LogP contribution in [0.25, 0.3) is 5.65 Å². The molecule has 0 saturated carbocycles. The zero-order valence-electron chi connectivity index (χ0n) is 14.2. The number of aromatic nitrogens is 4. The van der Waals surface area contributed by atoms with E-state index in [1.54, 1.807) is 19.5 Å². The molecule has 4 heterocycles. The van der Waals surface area contributed by atoms with E-state index in [9.17, 15) is 0 Å². The average Bonchev–Trinajstić information content (AvgIpc) is 3.06. The van der Waals surface area contributed by atoms with Crippen LogP contribution in [0.4, 0.5) is 0 Å². The number of likely N-dealkylation sites (tertiary alicyclic amines) is 1. The Hall–Kier alpha value is -2.67. The van der Waals surface area contributed by atoms with Crippen LogP contribution in [0.5, 0.6) is 11.8 Å². The lowest BCUT2D eigenvalue weighted by molar-refractivity contribution is 0.0885. The third-order valence-electron chi connectivity index (χ3n) is 4.45. The Morgan fingerprint density at radius 3 is 2.68 bits per heavy atom. The second-order valence-electron chi connectivity index (χ2n) is 6.20. The summed E-state index contributed by atoms with van der Waals surface area (Å²) in [6, 6.07) is 6.47. The minimum atomic E-state index is 0.158. The van der Waals surface area contributed by atoms with Crippen LogP contribution in [0.15, 0.2) is 43.0 Å². The summed E-state index contributed by atoms with van der Waals surface area (Å²) in [7, 11) is 1.60. The number of methoxy groups -OCH3 is 1. The van der Waals surface area contributed by atoms with Gasteiger partial charge in [0.15, 0.2) is 5.75 Å². The Kier molecular flexibility index (Phi) is 4.47. The van der Waals surface area contributed by atoms with Crippen LogP contribution >= 0.6 is 0 Å². The molecule has 3 aromatic rings. The highest BCUT2D eigenvalue weighted by atomic mass is 16.5. The van der Waals surface area contributed by atoms with Crippen LogP contribution in [0, 0.1) is 0 Å². The highest BCUT2D eigenvalue weighted by Gasteiger charge is 2.22. The van der Waals surface area contributed by atoms with Crippen molar-refractivity contribution in [3.63, 3.8) is 0 Å². The minimum Gasteiger partial charge on any atom is -0.494 e. The van der Waals surface area contributed by atoms with Crippen molar-refractivity contribution in [2.75, 3.05) is 20.2 Å². The lowest BCUT2D eigenvalue weighted by Crippen LogP contribution is -2.38. The van der Waals surface area contributed by atoms with Crippen LogP contribution < -0.4 is 9.47 Å². The molecule has 1 aliphatic heterocycles. The van der Waals surface area contributed by atoms with Gasteiger partial charge in [-0.15, -0.1) is 0 Å². The maximum atomic E-state index is 5.88. The van der Waals surface area contributed by atoms with E-state index in [2.05, 4.69) is 30.4 Å². The number of pyridine rings is 1. The molecule has 0 radical (unpaired) electrons. The fourth-order valence-corrected chi connectivity index (χ4v) is 3.10. The van der Waals surface area contributed by atoms with Gasteiger partial charge in [-0.3, -0.25) is 4.90 Å². The fourth-order valence-electron chi connectivity index (χ4n) is 3.10. The molecule has 7 heteroatoms. The van der Waals surface area contributed by atoms with Crippen molar-refractivity contribution < 1.29 is 9.47 Å². The summed E-state index contributed by atoms with van der Waals surface area (Å²) >= 11 is 0. The van der Waals surface area contributed by atoms with Gasteiger partial charge < -0.3 is 13.9 Å². The molecular formula is C18H21N5O2. The first-order valence-electron chi connectivity index (χ1n) is 8.48. The minimum absolute atomic E-state index is 0.158. The van der Waals surface area contributed by atoms with Gasteiger partial charge in [0.2, 0.25) is 0 Å². The van der Waals surface area contributed by atoms with E-state index in [-0.39, 0.29) is 6.10 Å². The number of hydrogen-bond donors (Lipinski definition) is 0. The Morgan fingerprint density at radius 1 is 1.16 bits per heavy atom. The molecule has 1 aliphatic rings. The third kappa shape index (κ3) is 3.71. The predicted molar refractivity (Wildman–Crippen MR) is 92.7 cm³/mol. The Labute approximate surface area is 146 Å². The number of nitrogens with zero attached hydrogens (tertiary/aromatic N) is 5. The zero-order valence-corrected chi connectivity index (χ0v) is 14.2. The summed E-state index contributed by atoms with van der Waals surface area (Å²) < 4.78 is 13.0. The van der Waals surface area contributed by atoms with E-state index in [1.165, 1.54) is 0 Å². The number of imidazole rings is 1. The summed E-state index contributed by atoms with van der Waals surface area (Å²) in [5.74, 6) is 0.634. The van der Waals surface area contributed by atoms with E-state index >= 15 is 0 Å². The molecule has 0 spiro atoms. The zero-order chi connectivity index (χ0) is 17.1. The summed E-state index contributed by atoms with van der Waals surface area (Å²) in [4.78, 5) is 15.4. The molecule has 0 aromatic carbocycles. The molecule has 1 fully saturated rings. The van der Waals surface area contributed by atoms with Gasteiger partial charge in [0.1, 0.15) is 11.8 Å². The van der Waals surface area contributed by atoms with Gasteiger partial charge in [-0.2, -0.15) is 9.97 Å². The summed E-state index contributed by atoms with van der Waals surface area (Å²) in [6.07, 6.45) is 9.46. The van der Waals surface area contributed by atoms with Crippen LogP contribution in [-0.4, -0.2) is 50.6 Å². The van der Waals surface area contributed by atoms with Gasteiger partial charge in [0.25, 0.3) is 0 Å². The highest BCUT2D eigenvalue weighted by molar-refractivity contribution is 5.39. The first kappa shape index (κ1) is 15.8. The number of piperidine rings is 1. The molecule has 0 bridgehead atoms. The van der Waals surface area contributed by atoms with E-state index in [1.807, 2.05) is 24.4 Å². The molecule has 7 nitrogen and oxygen atoms in total. The second kappa shape index (κ2) is 7.06. The van der Waals surface area contributed by atoms with Crippen molar-refractivity contribution in [3.8, 4) is 11.8 Å². The monoisotopic (exact) mass is 339 g/mol. The largest absolute Gasteiger partial charge is 0.494 e. The number of rotatable bonds is 5. The number of hydrogen-bond acceptors (Lipinski definition) is 6. The maximum Gasteiger partial charge on any atom is 0.316 e. The number of ether oxygens (including phenoxy) is 2. The fraction of sp³-hybridized carbons (Fsp3) is 0.389. The van der Waals surface area contributed by atoms with E-state index < -0.39 is 0 Å². The van der Waals surface area contributed by atoms with Crippen LogP contribution in [-0.2, 0) is 6.54 Å². The van der Waals surface area contributed by atoms with E-state index in [0.29, 0.717) is 11.8 Å². The quantitative estimate of drug-likeness (QED) is 0.710. The van der Waals surface area contributed by atoms with E-state index in [4.69, 9.17) is 9.47 Å². The van der Waals surface area contributed by atoms with Gasteiger partial charge >= 0.3 is 6.01 Å². The molecule has 25 heavy (non-hydrogen) atoms. The molecule has 0 N–H and O–H groups in total. The molecule has 0 amide bonds. The standard InChI is InChI=1S/C18H21N5O2/c1-24-16-10-19-18(20-11-16)25-15-5-8-22(9-6-15)12-14-13-23-7-3-2-4-17(23)21-14/h2-4,7,10-11,13,15H,5-6,8-9,12H2,1H3. The molecule has 1 saturated heterocycles. The smallest absolute Gasteiger partial charge is 0.316 e. The molecule has 0 atom stereocenters. The first-order valence-corrected chi connectivity index (χ1v) is 8.48. The SMILES string of the molecule is COc1cnc(OC2CCN(Cc3cn4ccccc4n3)CC2)nc1. The van der Waals surface area contributed by atoms with Gasteiger partial charge in [0, 0.05) is 32.0 Å². The molecule has 3 aromatic heterocycles. The summed E-state index contributed by atoms with van der Waals surface area (Å²) in [5.41, 5.74) is 2.09. The second-order valence-corrected chi connectivity index (χ2v) is 6.20. The van der Waals surface area contributed by atoms with Crippen LogP contribution in [0.1, 0.15) is 18.5 Å². The summed E-state index contributed by atoms with van der Waals surface area (Å²) in [6.45, 7) is 2.83. The normalized spacial score (nSPS) is 16.2. The Bertz CT molecular complexity index is 792. The van der Waals surface area contributed by atoms with Gasteiger partial charge in [-0.1, -0.05) is 6.07 Å². The maximum absolute atomic E-state index is 5.88. The number of fused-ring (bicyclic) bond motifs is 1. The average molecular weight is 339 g/mol. The van der Waals surface area contributed by atoms with E-state index in [0.717, 1.165) is 43.8 Å². The lowest BCUT2D eigenvalue weighted by Gasteiger charge is -2.31. The van der Waals surface area contributed by atoms with Gasteiger partial charge in [-0.05, 0) is 25.0 Å². The van der Waals surface area contributed by atoms with Gasteiger partial charge in [0.05, 0.1) is 25.2 Å². The predicted octanol–water partition coefficient (Wildman–Crippen LogP) is 2.18. The molecule has 0 unspecified atom stereocenters. The lowest BCUT2D eigenvalue weighted by atomic mass is 10.1. The molecule has 0 aliphatic carbocycles. The van der Waals surface area contributed by atoms with Crippen LogP contribution in [0.3, 0.4) is 0 Å². The first-order chi connectivity index (χ1) is 12.3. The molecule has 4 rings (SSSR count). The van der Waals surface area contributed by atoms with Crippen molar-refractivity contribution in [1.29, 1.82) is 0 Å². The third-order valence-corrected chi connectivity index (χ3v) is 4.45.